The van der Waals surface area contributed by atoms with E-state index in [0.717, 1.165) is 0 Å². The van der Waals surface area contributed by atoms with Crippen LogP contribution in [0.2, 0.25) is 0 Å². The zero-order chi connectivity index (χ0) is 18.2. The molecule has 0 spiro atoms. The highest BCUT2D eigenvalue weighted by Crippen LogP contribution is 2.33. The molecule has 2 aromatic heterocycles. The topological polar surface area (TPSA) is 111 Å². The van der Waals surface area contributed by atoms with Gasteiger partial charge in [0.1, 0.15) is 10.6 Å². The van der Waals surface area contributed by atoms with Gasteiger partial charge in [-0.1, -0.05) is 11.3 Å². The molecule has 3 rings (SSSR count). The van der Waals surface area contributed by atoms with Crippen LogP contribution < -0.4 is 10.6 Å². The number of anilines is 2. The predicted octanol–water partition coefficient (Wildman–Crippen LogP) is 1.30. The molecule has 2 aromatic rings. The predicted molar refractivity (Wildman–Crippen MR) is 98.5 cm³/mol. The number of sulfone groups is 1. The summed E-state index contributed by atoms with van der Waals surface area (Å²) in [6, 6.07) is 1.75. The number of aromatic nitrogens is 3. The smallest absolute Gasteiger partial charge is 0.180 e. The maximum absolute atomic E-state index is 12.3. The van der Waals surface area contributed by atoms with Crippen LogP contribution in [0.3, 0.4) is 0 Å². The molecule has 0 amide bonds. The minimum Gasteiger partial charge on any atom is -0.378 e. The van der Waals surface area contributed by atoms with Gasteiger partial charge in [0, 0.05) is 25.4 Å². The summed E-state index contributed by atoms with van der Waals surface area (Å²) in [7, 11) is -3.37. The Kier molecular flexibility index (Phi) is 4.69. The first-order chi connectivity index (χ1) is 11.7. The van der Waals surface area contributed by atoms with Gasteiger partial charge in [0.2, 0.25) is 0 Å². The third-order valence-electron chi connectivity index (χ3n) is 4.34. The molecular formula is C15H21N5O3S2. The molecule has 0 bridgehead atoms. The van der Waals surface area contributed by atoms with Gasteiger partial charge < -0.3 is 15.4 Å². The van der Waals surface area contributed by atoms with E-state index in [1.807, 2.05) is 0 Å². The van der Waals surface area contributed by atoms with E-state index in [1.165, 1.54) is 17.6 Å². The molecule has 0 unspecified atom stereocenters. The lowest BCUT2D eigenvalue weighted by Gasteiger charge is -2.30. The summed E-state index contributed by atoms with van der Waals surface area (Å²) in [5.74, 6) is 1.12. The molecule has 0 radical (unpaired) electrons. The summed E-state index contributed by atoms with van der Waals surface area (Å²) >= 11 is 1.27. The fourth-order valence-corrected chi connectivity index (χ4v) is 3.49. The molecule has 136 valence electrons. The molecule has 0 aromatic carbocycles. The van der Waals surface area contributed by atoms with Gasteiger partial charge in [0.15, 0.2) is 20.8 Å². The van der Waals surface area contributed by atoms with Crippen molar-refractivity contribution in [3.05, 3.63) is 18.0 Å². The number of hydrogen-bond donors (Lipinski definition) is 1. The average molecular weight is 383 g/mol. The number of thiazole rings is 1. The van der Waals surface area contributed by atoms with Gasteiger partial charge in [0.05, 0.1) is 30.0 Å². The molecule has 1 aliphatic rings. The molecule has 0 atom stereocenters. The lowest BCUT2D eigenvalue weighted by molar-refractivity contribution is 0.122. The van der Waals surface area contributed by atoms with Crippen LogP contribution in [-0.4, -0.2) is 55.9 Å². The highest BCUT2D eigenvalue weighted by Gasteiger charge is 2.35. The lowest BCUT2D eigenvalue weighted by atomic mass is 10.1. The van der Waals surface area contributed by atoms with Crippen molar-refractivity contribution >= 4 is 32.1 Å². The SMILES string of the molecule is CC(C)(c1cc(N2CCOCC2)nc(-c2cnc(N)s2)n1)S(C)(=O)=O. The van der Waals surface area contributed by atoms with Gasteiger partial charge in [-0.3, -0.25) is 0 Å². The second-order valence-corrected chi connectivity index (χ2v) is 10.0. The first kappa shape index (κ1) is 18.0. The summed E-state index contributed by atoms with van der Waals surface area (Å²) in [6.07, 6.45) is 2.82. The van der Waals surface area contributed by atoms with E-state index in [4.69, 9.17) is 10.5 Å². The van der Waals surface area contributed by atoms with Crippen LogP contribution in [0.5, 0.6) is 0 Å². The summed E-state index contributed by atoms with van der Waals surface area (Å²) < 4.78 is 28.8. The third-order valence-corrected chi connectivity index (χ3v) is 7.22. The summed E-state index contributed by atoms with van der Waals surface area (Å²) in [5.41, 5.74) is 6.17. The fourth-order valence-electron chi connectivity index (χ4n) is 2.39. The number of nitrogens with zero attached hydrogens (tertiary/aromatic N) is 4. The molecule has 8 nitrogen and oxygen atoms in total. The molecule has 0 aliphatic carbocycles. The number of rotatable bonds is 4. The van der Waals surface area contributed by atoms with E-state index in [1.54, 1.807) is 26.1 Å². The van der Waals surface area contributed by atoms with E-state index in [9.17, 15) is 8.42 Å². The van der Waals surface area contributed by atoms with Gasteiger partial charge in [-0.15, -0.1) is 0 Å². The number of nitrogen functional groups attached to an aromatic ring is 1. The van der Waals surface area contributed by atoms with Gasteiger partial charge in [-0.05, 0) is 13.8 Å². The van der Waals surface area contributed by atoms with Crippen LogP contribution in [0.4, 0.5) is 10.9 Å². The Morgan fingerprint density at radius 1 is 1.28 bits per heavy atom. The lowest BCUT2D eigenvalue weighted by Crippen LogP contribution is -2.37. The molecule has 3 heterocycles. The summed E-state index contributed by atoms with van der Waals surface area (Å²) in [4.78, 5) is 15.9. The molecule has 10 heteroatoms. The second-order valence-electron chi connectivity index (χ2n) is 6.38. The van der Waals surface area contributed by atoms with Gasteiger partial charge in [0.25, 0.3) is 0 Å². The summed E-state index contributed by atoms with van der Waals surface area (Å²) in [5, 5.41) is 0.416. The Hall–Kier alpha value is -1.78. The Bertz CT molecular complexity index is 873. The summed E-state index contributed by atoms with van der Waals surface area (Å²) in [6.45, 7) is 5.91. The van der Waals surface area contributed by atoms with Gasteiger partial charge in [-0.25, -0.2) is 23.4 Å². The third kappa shape index (κ3) is 3.60. The molecule has 1 fully saturated rings. The van der Waals surface area contributed by atoms with E-state index in [-0.39, 0.29) is 0 Å². The van der Waals surface area contributed by atoms with Crippen molar-refractivity contribution < 1.29 is 13.2 Å². The van der Waals surface area contributed by atoms with E-state index < -0.39 is 14.6 Å². The van der Waals surface area contributed by atoms with Crippen molar-refractivity contribution in [3.8, 4) is 10.7 Å². The van der Waals surface area contributed by atoms with Crippen molar-refractivity contribution in [3.63, 3.8) is 0 Å². The van der Waals surface area contributed by atoms with Gasteiger partial charge in [-0.2, -0.15) is 0 Å². The van der Waals surface area contributed by atoms with E-state index in [2.05, 4.69) is 19.9 Å². The molecule has 25 heavy (non-hydrogen) atoms. The number of morpholine rings is 1. The molecular weight excluding hydrogens is 362 g/mol. The van der Waals surface area contributed by atoms with Crippen LogP contribution in [-0.2, 0) is 19.3 Å². The maximum atomic E-state index is 12.3. The largest absolute Gasteiger partial charge is 0.378 e. The molecule has 1 saturated heterocycles. The molecule has 1 aliphatic heterocycles. The molecule has 2 N–H and O–H groups in total. The normalized spacial score (nSPS) is 16.2. The monoisotopic (exact) mass is 383 g/mol. The average Bonchev–Trinajstić information content (AvgIpc) is 3.01. The van der Waals surface area contributed by atoms with Crippen LogP contribution in [0, 0.1) is 0 Å². The minimum atomic E-state index is -3.37. The second kappa shape index (κ2) is 6.50. The van der Waals surface area contributed by atoms with Crippen molar-refractivity contribution in [1.29, 1.82) is 0 Å². The Morgan fingerprint density at radius 2 is 1.96 bits per heavy atom. The van der Waals surface area contributed by atoms with Crippen molar-refractivity contribution in [2.45, 2.75) is 18.6 Å². The fraction of sp³-hybridized carbons (Fsp3) is 0.533. The standard InChI is InChI=1S/C15H21N5O3S2/c1-15(2,25(3,21)22)11-8-12(20-4-6-23-7-5-20)19-13(18-11)10-9-17-14(16)24-10/h8-9H,4-7H2,1-3H3,(H2,16,17). The van der Waals surface area contributed by atoms with Crippen molar-refractivity contribution in [2.75, 3.05) is 43.2 Å². The van der Waals surface area contributed by atoms with Crippen molar-refractivity contribution in [2.24, 2.45) is 0 Å². The first-order valence-corrected chi connectivity index (χ1v) is 10.5. The Labute approximate surface area is 151 Å². The number of nitrogens with two attached hydrogens (primary N) is 1. The number of hydrogen-bond acceptors (Lipinski definition) is 9. The highest BCUT2D eigenvalue weighted by molar-refractivity contribution is 7.91. The Morgan fingerprint density at radius 3 is 2.52 bits per heavy atom. The van der Waals surface area contributed by atoms with Crippen LogP contribution in [0.15, 0.2) is 12.3 Å². The Balaban J connectivity index is 2.14. The highest BCUT2D eigenvalue weighted by atomic mass is 32.2. The quantitative estimate of drug-likeness (QED) is 0.841. The van der Waals surface area contributed by atoms with Crippen LogP contribution in [0.25, 0.3) is 10.7 Å². The van der Waals surface area contributed by atoms with E-state index >= 15 is 0 Å². The molecule has 0 saturated carbocycles. The number of ether oxygens (including phenoxy) is 1. The van der Waals surface area contributed by atoms with Crippen LogP contribution >= 0.6 is 11.3 Å². The zero-order valence-corrected chi connectivity index (χ0v) is 16.0. The maximum Gasteiger partial charge on any atom is 0.180 e. The minimum absolute atomic E-state index is 0.416. The van der Waals surface area contributed by atoms with Crippen LogP contribution in [0.1, 0.15) is 19.5 Å². The first-order valence-electron chi connectivity index (χ1n) is 7.82. The van der Waals surface area contributed by atoms with Crippen molar-refractivity contribution in [1.82, 2.24) is 15.0 Å². The van der Waals surface area contributed by atoms with Gasteiger partial charge >= 0.3 is 0 Å². The zero-order valence-electron chi connectivity index (χ0n) is 14.4. The van der Waals surface area contributed by atoms with E-state index in [0.29, 0.717) is 53.6 Å².